The third-order valence-corrected chi connectivity index (χ3v) is 7.12. The van der Waals surface area contributed by atoms with E-state index in [2.05, 4.69) is 10.6 Å². The van der Waals surface area contributed by atoms with Crippen LogP contribution in [0, 0.1) is 23.6 Å². The normalized spacial score (nSPS) is 17.5. The Morgan fingerprint density at radius 2 is 1.63 bits per heavy atom. The zero-order chi connectivity index (χ0) is 28.9. The van der Waals surface area contributed by atoms with Crippen molar-refractivity contribution < 1.29 is 23.5 Å². The molecule has 1 heterocycles. The lowest BCUT2D eigenvalue weighted by Crippen LogP contribution is -2.21. The monoisotopic (exact) mass is 575 g/mol. The lowest BCUT2D eigenvalue weighted by Gasteiger charge is -2.11. The highest BCUT2D eigenvalue weighted by Gasteiger charge is 2.58. The van der Waals surface area contributed by atoms with Gasteiger partial charge in [0.05, 0.1) is 29.8 Å². The first-order chi connectivity index (χ1) is 19.8. The van der Waals surface area contributed by atoms with Crippen LogP contribution in [0.25, 0.3) is 5.69 Å². The predicted octanol–water partition coefficient (Wildman–Crippen LogP) is 5.29. The minimum Gasteiger partial charge on any atom is -0.489 e. The molecule has 1 aromatic heterocycles. The summed E-state index contributed by atoms with van der Waals surface area (Å²) in [5, 5.41) is 5.89. The molecule has 3 atom stereocenters. The zero-order valence-electron chi connectivity index (χ0n) is 22.1. The fourth-order valence-corrected chi connectivity index (χ4v) is 4.85. The SMILES string of the molecule is COC[C@@H]1[C@@H](C(=O)Nc2ccc(-n3ccc(OCc4ccccc4)cc3=O)cc2F)[C@H]1C(=O)Nc1ccc(Cl)cc1. The first-order valence-electron chi connectivity index (χ1n) is 12.9. The van der Waals surface area contributed by atoms with E-state index in [0.717, 1.165) is 11.6 Å². The van der Waals surface area contributed by atoms with Gasteiger partial charge in [-0.3, -0.25) is 19.0 Å². The fourth-order valence-electron chi connectivity index (χ4n) is 4.72. The van der Waals surface area contributed by atoms with Crippen LogP contribution in [0.3, 0.4) is 0 Å². The molecular formula is C31H27ClFN3O5. The number of amides is 2. The van der Waals surface area contributed by atoms with Gasteiger partial charge in [0.25, 0.3) is 5.56 Å². The molecule has 0 bridgehead atoms. The Hall–Kier alpha value is -4.47. The number of pyridine rings is 1. The van der Waals surface area contributed by atoms with Gasteiger partial charge in [-0.25, -0.2) is 4.39 Å². The molecule has 2 N–H and O–H groups in total. The summed E-state index contributed by atoms with van der Waals surface area (Å²) in [5.41, 5.74) is 1.33. The summed E-state index contributed by atoms with van der Waals surface area (Å²) in [6.45, 7) is 0.509. The first kappa shape index (κ1) is 28.1. The number of aromatic nitrogens is 1. The van der Waals surface area contributed by atoms with Gasteiger partial charge in [0.1, 0.15) is 18.2 Å². The average molecular weight is 576 g/mol. The number of benzene rings is 3. The average Bonchev–Trinajstić information content (AvgIpc) is 3.69. The number of hydrogen-bond donors (Lipinski definition) is 2. The number of hydrogen-bond acceptors (Lipinski definition) is 5. The third-order valence-electron chi connectivity index (χ3n) is 6.87. The number of halogens is 2. The van der Waals surface area contributed by atoms with Crippen LogP contribution < -0.4 is 20.9 Å². The first-order valence-corrected chi connectivity index (χ1v) is 13.3. The summed E-state index contributed by atoms with van der Waals surface area (Å²) in [4.78, 5) is 38.6. The second kappa shape index (κ2) is 12.4. The molecule has 0 spiro atoms. The van der Waals surface area contributed by atoms with E-state index >= 15 is 4.39 Å². The second-order valence-electron chi connectivity index (χ2n) is 9.67. The quantitative estimate of drug-likeness (QED) is 0.268. The lowest BCUT2D eigenvalue weighted by atomic mass is 10.2. The molecule has 1 aliphatic carbocycles. The summed E-state index contributed by atoms with van der Waals surface area (Å²) >= 11 is 5.90. The number of methoxy groups -OCH3 is 1. The van der Waals surface area contributed by atoms with Crippen LogP contribution in [0.5, 0.6) is 5.75 Å². The predicted molar refractivity (Wildman–Crippen MR) is 154 cm³/mol. The molecule has 3 aromatic carbocycles. The number of rotatable bonds is 10. The van der Waals surface area contributed by atoms with Crippen LogP contribution >= 0.6 is 11.6 Å². The number of ether oxygens (including phenoxy) is 2. The van der Waals surface area contributed by atoms with Gasteiger partial charge in [-0.15, -0.1) is 0 Å². The van der Waals surface area contributed by atoms with E-state index in [9.17, 15) is 14.4 Å². The Labute approximate surface area is 240 Å². The molecule has 41 heavy (non-hydrogen) atoms. The number of carbonyl (C=O) groups is 2. The smallest absolute Gasteiger partial charge is 0.258 e. The van der Waals surface area contributed by atoms with Crippen molar-refractivity contribution in [3.8, 4) is 11.4 Å². The van der Waals surface area contributed by atoms with Gasteiger partial charge in [0, 0.05) is 42.1 Å². The molecular weight excluding hydrogens is 549 g/mol. The summed E-state index contributed by atoms with van der Waals surface area (Å²) in [6, 6.07) is 23.2. The van der Waals surface area contributed by atoms with Crippen molar-refractivity contribution in [2.75, 3.05) is 24.4 Å². The molecule has 1 aliphatic rings. The van der Waals surface area contributed by atoms with Crippen molar-refractivity contribution in [2.24, 2.45) is 17.8 Å². The molecule has 10 heteroatoms. The van der Waals surface area contributed by atoms with Crippen LogP contribution in [0.1, 0.15) is 5.56 Å². The van der Waals surface area contributed by atoms with Gasteiger partial charge in [-0.2, -0.15) is 0 Å². The van der Waals surface area contributed by atoms with E-state index in [1.165, 1.54) is 36.1 Å². The van der Waals surface area contributed by atoms with Crippen LogP contribution in [0.4, 0.5) is 15.8 Å². The Bertz CT molecular complexity index is 1610. The summed E-state index contributed by atoms with van der Waals surface area (Å²) in [6.07, 6.45) is 1.50. The van der Waals surface area contributed by atoms with Crippen molar-refractivity contribution in [1.29, 1.82) is 0 Å². The van der Waals surface area contributed by atoms with Crippen LogP contribution in [-0.4, -0.2) is 30.1 Å². The largest absolute Gasteiger partial charge is 0.489 e. The van der Waals surface area contributed by atoms with Gasteiger partial charge in [-0.1, -0.05) is 41.9 Å². The molecule has 1 fully saturated rings. The zero-order valence-corrected chi connectivity index (χ0v) is 22.8. The summed E-state index contributed by atoms with van der Waals surface area (Å²) in [7, 11) is 1.49. The molecule has 4 aromatic rings. The highest BCUT2D eigenvalue weighted by atomic mass is 35.5. The standard InChI is InChI=1S/C31H27ClFN3O5/c1-40-18-24-28(30(38)34-21-9-7-20(32)8-10-21)29(24)31(39)35-26-12-11-22(15-25(26)33)36-14-13-23(16-27(36)37)41-17-19-5-3-2-4-6-19/h2-16,24,28-29H,17-18H2,1H3,(H,34,38)(H,35,39)/t24-,28-,29+/m0/s1. The molecule has 0 unspecified atom stereocenters. The minimum atomic E-state index is -0.724. The molecule has 210 valence electrons. The Morgan fingerprint density at radius 3 is 2.29 bits per heavy atom. The van der Waals surface area contributed by atoms with Gasteiger partial charge in [0.15, 0.2) is 0 Å². The maximum absolute atomic E-state index is 15.1. The highest BCUT2D eigenvalue weighted by Crippen LogP contribution is 2.48. The van der Waals surface area contributed by atoms with Crippen molar-refractivity contribution >= 4 is 34.8 Å². The maximum Gasteiger partial charge on any atom is 0.258 e. The van der Waals surface area contributed by atoms with E-state index in [-0.39, 0.29) is 29.8 Å². The number of nitrogens with zero attached hydrogens (tertiary/aromatic N) is 1. The molecule has 5 rings (SSSR count). The van der Waals surface area contributed by atoms with Gasteiger partial charge < -0.3 is 20.1 Å². The molecule has 0 radical (unpaired) electrons. The van der Waals surface area contributed by atoms with E-state index in [0.29, 0.717) is 23.1 Å². The Kier molecular flexibility index (Phi) is 8.47. The highest BCUT2D eigenvalue weighted by molar-refractivity contribution is 6.30. The van der Waals surface area contributed by atoms with Crippen LogP contribution in [0.15, 0.2) is 95.9 Å². The molecule has 0 aliphatic heterocycles. The van der Waals surface area contributed by atoms with E-state index in [4.69, 9.17) is 21.1 Å². The molecule has 0 saturated heterocycles. The number of nitrogens with one attached hydrogen (secondary N) is 2. The molecule has 2 amide bonds. The van der Waals surface area contributed by atoms with Gasteiger partial charge >= 0.3 is 0 Å². The van der Waals surface area contributed by atoms with E-state index in [1.54, 1.807) is 30.3 Å². The van der Waals surface area contributed by atoms with Gasteiger partial charge in [-0.05, 0) is 48.0 Å². The molecule has 8 nitrogen and oxygen atoms in total. The topological polar surface area (TPSA) is 98.7 Å². The fraction of sp³-hybridized carbons (Fsp3) is 0.194. The minimum absolute atomic E-state index is 0.0606. The number of anilines is 2. The summed E-state index contributed by atoms with van der Waals surface area (Å²) in [5.74, 6) is -2.83. The maximum atomic E-state index is 15.1. The van der Waals surface area contributed by atoms with Crippen molar-refractivity contribution in [3.05, 3.63) is 118 Å². The third kappa shape index (κ3) is 6.65. The van der Waals surface area contributed by atoms with Crippen molar-refractivity contribution in [2.45, 2.75) is 6.61 Å². The van der Waals surface area contributed by atoms with E-state index in [1.807, 2.05) is 30.3 Å². The lowest BCUT2D eigenvalue weighted by molar-refractivity contribution is -0.122. The van der Waals surface area contributed by atoms with Crippen molar-refractivity contribution in [3.63, 3.8) is 0 Å². The van der Waals surface area contributed by atoms with Crippen LogP contribution in [-0.2, 0) is 20.9 Å². The second-order valence-corrected chi connectivity index (χ2v) is 10.1. The molecule has 1 saturated carbocycles. The number of carbonyl (C=O) groups excluding carboxylic acids is 2. The van der Waals surface area contributed by atoms with Crippen LogP contribution in [0.2, 0.25) is 5.02 Å². The van der Waals surface area contributed by atoms with Crippen molar-refractivity contribution in [1.82, 2.24) is 4.57 Å². The Morgan fingerprint density at radius 1 is 0.927 bits per heavy atom. The van der Waals surface area contributed by atoms with E-state index < -0.39 is 29.1 Å². The van der Waals surface area contributed by atoms with Gasteiger partial charge in [0.2, 0.25) is 11.8 Å². The Balaban J connectivity index is 1.24. The summed E-state index contributed by atoms with van der Waals surface area (Å²) < 4.78 is 27.2.